The van der Waals surface area contributed by atoms with Gasteiger partial charge in [0.2, 0.25) is 5.91 Å². The predicted octanol–water partition coefficient (Wildman–Crippen LogP) is 0.817. The van der Waals surface area contributed by atoms with Crippen LogP contribution in [0.4, 0.5) is 11.5 Å². The van der Waals surface area contributed by atoms with E-state index in [1.165, 1.54) is 6.42 Å². The minimum atomic E-state index is 0.219. The lowest BCUT2D eigenvalue weighted by atomic mass is 10.1. The number of aryl methyl sites for hydroxylation is 1. The summed E-state index contributed by atoms with van der Waals surface area (Å²) in [6.45, 7) is 2.39. The Morgan fingerprint density at radius 3 is 2.78 bits per heavy atom. The van der Waals surface area contributed by atoms with E-state index in [2.05, 4.69) is 10.4 Å². The number of hydrogen-bond acceptors (Lipinski definition) is 4. The number of nitrogens with zero attached hydrogens (tertiary/aromatic N) is 3. The van der Waals surface area contributed by atoms with Crippen molar-refractivity contribution >= 4 is 17.4 Å². The second kappa shape index (κ2) is 5.75. The van der Waals surface area contributed by atoms with Gasteiger partial charge in [0.25, 0.3) is 0 Å². The third kappa shape index (κ3) is 3.15. The molecule has 100 valence electrons. The van der Waals surface area contributed by atoms with Crippen molar-refractivity contribution < 1.29 is 4.79 Å². The van der Waals surface area contributed by atoms with Gasteiger partial charge >= 0.3 is 0 Å². The summed E-state index contributed by atoms with van der Waals surface area (Å²) in [6.07, 6.45) is 5.75. The van der Waals surface area contributed by atoms with Crippen LogP contribution in [-0.2, 0) is 11.8 Å². The number of anilines is 2. The molecule has 1 aromatic rings. The van der Waals surface area contributed by atoms with E-state index in [0.717, 1.165) is 25.9 Å². The first kappa shape index (κ1) is 12.7. The first-order valence-corrected chi connectivity index (χ1v) is 6.47. The fraction of sp³-hybridized carbons (Fsp3) is 0.667. The largest absolute Gasteiger partial charge is 0.394 e. The second-order valence-electron chi connectivity index (χ2n) is 4.72. The number of nitrogens with one attached hydrogen (secondary N) is 1. The van der Waals surface area contributed by atoms with Gasteiger partial charge in [0.15, 0.2) is 5.82 Å². The molecule has 6 nitrogen and oxygen atoms in total. The number of rotatable bonds is 4. The summed E-state index contributed by atoms with van der Waals surface area (Å²) in [5.41, 5.74) is 6.37. The number of piperidine rings is 1. The molecule has 0 unspecified atom stereocenters. The van der Waals surface area contributed by atoms with Gasteiger partial charge in [-0.1, -0.05) is 0 Å². The average molecular weight is 251 g/mol. The predicted molar refractivity (Wildman–Crippen MR) is 71.2 cm³/mol. The lowest BCUT2D eigenvalue weighted by Gasteiger charge is -2.26. The van der Waals surface area contributed by atoms with Crippen molar-refractivity contribution in [3.05, 3.63) is 6.20 Å². The Balaban J connectivity index is 1.74. The summed E-state index contributed by atoms with van der Waals surface area (Å²) in [5, 5.41) is 7.27. The van der Waals surface area contributed by atoms with E-state index in [1.54, 1.807) is 10.9 Å². The standard InChI is InChI=1S/C12H21N5O/c1-16-9-10(13)12(15-16)14-6-5-11(18)17-7-3-2-4-8-17/h9H,2-8,13H2,1H3,(H,14,15). The molecule has 0 bridgehead atoms. The van der Waals surface area contributed by atoms with Gasteiger partial charge in [0, 0.05) is 39.3 Å². The number of amides is 1. The molecule has 1 aliphatic rings. The molecular weight excluding hydrogens is 230 g/mol. The summed E-state index contributed by atoms with van der Waals surface area (Å²) in [6, 6.07) is 0. The van der Waals surface area contributed by atoms with E-state index in [1.807, 2.05) is 11.9 Å². The van der Waals surface area contributed by atoms with Gasteiger partial charge in [-0.2, -0.15) is 5.10 Å². The van der Waals surface area contributed by atoms with E-state index in [4.69, 9.17) is 5.73 Å². The first-order valence-electron chi connectivity index (χ1n) is 6.47. The van der Waals surface area contributed by atoms with Gasteiger partial charge in [0.1, 0.15) is 0 Å². The van der Waals surface area contributed by atoms with Crippen LogP contribution in [0.5, 0.6) is 0 Å². The number of nitrogens with two attached hydrogens (primary N) is 1. The van der Waals surface area contributed by atoms with Crippen LogP contribution in [0.15, 0.2) is 6.20 Å². The molecule has 0 spiro atoms. The average Bonchev–Trinajstić information content (AvgIpc) is 2.69. The molecule has 2 rings (SSSR count). The van der Waals surface area contributed by atoms with Crippen molar-refractivity contribution in [1.82, 2.24) is 14.7 Å². The van der Waals surface area contributed by atoms with Crippen LogP contribution < -0.4 is 11.1 Å². The molecule has 1 saturated heterocycles. The molecule has 1 fully saturated rings. The van der Waals surface area contributed by atoms with Gasteiger partial charge in [-0.25, -0.2) is 0 Å². The Morgan fingerprint density at radius 2 is 2.17 bits per heavy atom. The molecule has 0 aliphatic carbocycles. The highest BCUT2D eigenvalue weighted by molar-refractivity contribution is 5.77. The summed E-state index contributed by atoms with van der Waals surface area (Å²) in [7, 11) is 1.82. The van der Waals surface area contributed by atoms with Crippen LogP contribution in [0, 0.1) is 0 Å². The SMILES string of the molecule is Cn1cc(N)c(NCCC(=O)N2CCCCC2)n1. The molecule has 0 aromatic carbocycles. The van der Waals surface area contributed by atoms with Crippen molar-refractivity contribution in [1.29, 1.82) is 0 Å². The highest BCUT2D eigenvalue weighted by atomic mass is 16.2. The number of carbonyl (C=O) groups excluding carboxylic acids is 1. The zero-order chi connectivity index (χ0) is 13.0. The molecule has 6 heteroatoms. The third-order valence-corrected chi connectivity index (χ3v) is 3.20. The molecule has 1 aromatic heterocycles. The Labute approximate surface area is 107 Å². The normalized spacial score (nSPS) is 15.7. The second-order valence-corrected chi connectivity index (χ2v) is 4.72. The van der Waals surface area contributed by atoms with Crippen molar-refractivity contribution in [2.24, 2.45) is 7.05 Å². The van der Waals surface area contributed by atoms with E-state index in [9.17, 15) is 4.79 Å². The lowest BCUT2D eigenvalue weighted by molar-refractivity contribution is -0.131. The highest BCUT2D eigenvalue weighted by Gasteiger charge is 2.15. The zero-order valence-electron chi connectivity index (χ0n) is 10.9. The van der Waals surface area contributed by atoms with Gasteiger partial charge in [-0.3, -0.25) is 9.48 Å². The molecule has 3 N–H and O–H groups in total. The molecule has 0 radical (unpaired) electrons. The van der Waals surface area contributed by atoms with Crippen LogP contribution in [0.3, 0.4) is 0 Å². The van der Waals surface area contributed by atoms with Crippen molar-refractivity contribution in [3.63, 3.8) is 0 Å². The maximum atomic E-state index is 11.9. The van der Waals surface area contributed by atoms with E-state index in [0.29, 0.717) is 24.5 Å². The van der Waals surface area contributed by atoms with Crippen molar-refractivity contribution in [3.8, 4) is 0 Å². The number of aromatic nitrogens is 2. The smallest absolute Gasteiger partial charge is 0.224 e. The Kier molecular flexibility index (Phi) is 4.07. The Bertz CT molecular complexity index is 409. The lowest BCUT2D eigenvalue weighted by Crippen LogP contribution is -2.36. The third-order valence-electron chi connectivity index (χ3n) is 3.20. The minimum Gasteiger partial charge on any atom is -0.394 e. The number of likely N-dealkylation sites (tertiary alicyclic amines) is 1. The van der Waals surface area contributed by atoms with E-state index < -0.39 is 0 Å². The van der Waals surface area contributed by atoms with Crippen LogP contribution in [-0.4, -0.2) is 40.2 Å². The summed E-state index contributed by atoms with van der Waals surface area (Å²) in [4.78, 5) is 13.9. The fourth-order valence-electron chi connectivity index (χ4n) is 2.23. The maximum absolute atomic E-state index is 11.9. The molecule has 1 aliphatic heterocycles. The fourth-order valence-corrected chi connectivity index (χ4v) is 2.23. The van der Waals surface area contributed by atoms with Crippen molar-refractivity contribution in [2.75, 3.05) is 30.7 Å². The van der Waals surface area contributed by atoms with E-state index >= 15 is 0 Å². The van der Waals surface area contributed by atoms with Gasteiger partial charge in [-0.15, -0.1) is 0 Å². The molecule has 0 atom stereocenters. The number of nitrogen functional groups attached to an aromatic ring is 1. The number of hydrogen-bond donors (Lipinski definition) is 2. The van der Waals surface area contributed by atoms with Crippen molar-refractivity contribution in [2.45, 2.75) is 25.7 Å². The topological polar surface area (TPSA) is 76.2 Å². The molecule has 0 saturated carbocycles. The molecule has 1 amide bonds. The Morgan fingerprint density at radius 1 is 1.44 bits per heavy atom. The first-order chi connectivity index (χ1) is 8.66. The summed E-state index contributed by atoms with van der Waals surface area (Å²) < 4.78 is 1.66. The van der Waals surface area contributed by atoms with Crippen LogP contribution >= 0.6 is 0 Å². The minimum absolute atomic E-state index is 0.219. The van der Waals surface area contributed by atoms with Gasteiger partial charge in [-0.05, 0) is 19.3 Å². The van der Waals surface area contributed by atoms with E-state index in [-0.39, 0.29) is 5.91 Å². The Hall–Kier alpha value is -1.72. The van der Waals surface area contributed by atoms with Gasteiger partial charge in [0.05, 0.1) is 5.69 Å². The van der Waals surface area contributed by atoms with Crippen LogP contribution in [0.25, 0.3) is 0 Å². The summed E-state index contributed by atoms with van der Waals surface area (Å²) >= 11 is 0. The maximum Gasteiger partial charge on any atom is 0.224 e. The highest BCUT2D eigenvalue weighted by Crippen LogP contribution is 2.14. The quantitative estimate of drug-likeness (QED) is 0.830. The molecular formula is C12H21N5O. The molecule has 18 heavy (non-hydrogen) atoms. The zero-order valence-corrected chi connectivity index (χ0v) is 10.9. The monoisotopic (exact) mass is 251 g/mol. The number of carbonyl (C=O) groups is 1. The van der Waals surface area contributed by atoms with Gasteiger partial charge < -0.3 is 16.0 Å². The summed E-state index contributed by atoms with van der Waals surface area (Å²) in [5.74, 6) is 0.876. The van der Waals surface area contributed by atoms with Crippen LogP contribution in [0.2, 0.25) is 0 Å². The molecule has 2 heterocycles. The van der Waals surface area contributed by atoms with Crippen LogP contribution in [0.1, 0.15) is 25.7 Å².